The van der Waals surface area contributed by atoms with Crippen LogP contribution in [-0.2, 0) is 0 Å². The summed E-state index contributed by atoms with van der Waals surface area (Å²) in [5.74, 6) is -2.29. The van der Waals surface area contributed by atoms with E-state index in [4.69, 9.17) is 0 Å². The van der Waals surface area contributed by atoms with Crippen LogP contribution in [0, 0.1) is 11.8 Å². The Bertz CT molecular complexity index is 125. The van der Waals surface area contributed by atoms with Crippen molar-refractivity contribution in [3.63, 3.8) is 0 Å². The van der Waals surface area contributed by atoms with Gasteiger partial charge in [-0.25, -0.2) is 8.78 Å². The molecular formula is C11H22F2. The molecule has 13 heavy (non-hydrogen) atoms. The average Bonchev–Trinajstić information content (AvgIpc) is 1.95. The zero-order chi connectivity index (χ0) is 10.5. The average molecular weight is 192 g/mol. The van der Waals surface area contributed by atoms with Gasteiger partial charge in [-0.2, -0.15) is 0 Å². The molecule has 0 amide bonds. The second kappa shape index (κ2) is 5.56. The van der Waals surface area contributed by atoms with Gasteiger partial charge in [0.1, 0.15) is 0 Å². The molecule has 80 valence electrons. The van der Waals surface area contributed by atoms with Gasteiger partial charge >= 0.3 is 0 Å². The van der Waals surface area contributed by atoms with Crippen LogP contribution >= 0.6 is 0 Å². The second-order valence-corrected chi connectivity index (χ2v) is 4.39. The summed E-state index contributed by atoms with van der Waals surface area (Å²) < 4.78 is 25.8. The van der Waals surface area contributed by atoms with Crippen LogP contribution in [0.15, 0.2) is 0 Å². The Kier molecular flexibility index (Phi) is 5.50. The van der Waals surface area contributed by atoms with Gasteiger partial charge in [0.25, 0.3) is 0 Å². The normalized spacial score (nSPS) is 15.0. The Morgan fingerprint density at radius 1 is 1.15 bits per heavy atom. The molecule has 0 saturated heterocycles. The quantitative estimate of drug-likeness (QED) is 0.581. The smallest absolute Gasteiger partial charge is 0.207 e. The molecule has 0 aliphatic rings. The molecule has 0 spiro atoms. The highest BCUT2D eigenvalue weighted by Gasteiger charge is 2.31. The monoisotopic (exact) mass is 192 g/mol. The fourth-order valence-corrected chi connectivity index (χ4v) is 1.59. The van der Waals surface area contributed by atoms with E-state index in [0.717, 1.165) is 19.8 Å². The van der Waals surface area contributed by atoms with Crippen molar-refractivity contribution >= 4 is 0 Å². The predicted octanol–water partition coefficient (Wildman–Crippen LogP) is 4.49. The minimum atomic E-state index is -2.49. The van der Waals surface area contributed by atoms with Gasteiger partial charge in [-0.1, -0.05) is 33.6 Å². The number of rotatable bonds is 6. The van der Waals surface area contributed by atoms with Gasteiger partial charge < -0.3 is 0 Å². The van der Waals surface area contributed by atoms with Crippen LogP contribution in [0.3, 0.4) is 0 Å². The summed E-state index contributed by atoms with van der Waals surface area (Å²) in [7, 11) is 0. The molecule has 0 saturated carbocycles. The van der Waals surface area contributed by atoms with Crippen LogP contribution in [-0.4, -0.2) is 5.92 Å². The van der Waals surface area contributed by atoms with Gasteiger partial charge in [0.2, 0.25) is 5.92 Å². The molecule has 1 atom stereocenters. The van der Waals surface area contributed by atoms with E-state index in [2.05, 4.69) is 13.8 Å². The van der Waals surface area contributed by atoms with Gasteiger partial charge in [0.05, 0.1) is 0 Å². The van der Waals surface area contributed by atoms with Gasteiger partial charge in [0, 0.05) is 5.92 Å². The molecule has 0 aromatic rings. The molecule has 0 N–H and O–H groups in total. The van der Waals surface area contributed by atoms with Crippen LogP contribution in [0.2, 0.25) is 0 Å². The molecule has 0 fully saturated rings. The number of hydrogen-bond acceptors (Lipinski definition) is 0. The molecule has 0 radical (unpaired) electrons. The van der Waals surface area contributed by atoms with E-state index in [0.29, 0.717) is 18.8 Å². The zero-order valence-electron chi connectivity index (χ0n) is 9.24. The second-order valence-electron chi connectivity index (χ2n) is 4.39. The summed E-state index contributed by atoms with van der Waals surface area (Å²) in [6.07, 6.45) is 3.24. The van der Waals surface area contributed by atoms with E-state index >= 15 is 0 Å². The van der Waals surface area contributed by atoms with E-state index in [1.54, 1.807) is 0 Å². The molecule has 0 aliphatic heterocycles. The summed E-state index contributed by atoms with van der Waals surface area (Å²) in [6, 6.07) is 0. The third-order valence-electron chi connectivity index (χ3n) is 2.54. The molecule has 2 heteroatoms. The van der Waals surface area contributed by atoms with Crippen LogP contribution < -0.4 is 0 Å². The SMILES string of the molecule is CCC(CCCC(C)C)C(C)(F)F. The minimum absolute atomic E-state index is 0.425. The Morgan fingerprint density at radius 2 is 1.69 bits per heavy atom. The van der Waals surface area contributed by atoms with Crippen LogP contribution in [0.25, 0.3) is 0 Å². The van der Waals surface area contributed by atoms with E-state index in [9.17, 15) is 8.78 Å². The maximum Gasteiger partial charge on any atom is 0.248 e. The fraction of sp³-hybridized carbons (Fsp3) is 1.00. The highest BCUT2D eigenvalue weighted by Crippen LogP contribution is 2.31. The first-order chi connectivity index (χ1) is 5.88. The zero-order valence-corrected chi connectivity index (χ0v) is 9.24. The van der Waals surface area contributed by atoms with Gasteiger partial charge in [-0.05, 0) is 25.7 Å². The molecule has 0 nitrogen and oxygen atoms in total. The molecular weight excluding hydrogens is 170 g/mol. The Morgan fingerprint density at radius 3 is 2.00 bits per heavy atom. The van der Waals surface area contributed by atoms with E-state index in [-0.39, 0.29) is 0 Å². The molecule has 0 rings (SSSR count). The Labute approximate surface area is 80.7 Å². The van der Waals surface area contributed by atoms with Crippen molar-refractivity contribution in [1.82, 2.24) is 0 Å². The Hall–Kier alpha value is -0.140. The largest absolute Gasteiger partial charge is 0.248 e. The third kappa shape index (κ3) is 6.00. The van der Waals surface area contributed by atoms with Crippen molar-refractivity contribution < 1.29 is 8.78 Å². The predicted molar refractivity (Wildman–Crippen MR) is 53.1 cm³/mol. The van der Waals surface area contributed by atoms with Crippen LogP contribution in [0.4, 0.5) is 8.78 Å². The molecule has 0 aromatic carbocycles. The van der Waals surface area contributed by atoms with Gasteiger partial charge in [0.15, 0.2) is 0 Å². The topological polar surface area (TPSA) is 0 Å². The number of hydrogen-bond donors (Lipinski definition) is 0. The van der Waals surface area contributed by atoms with E-state index in [1.165, 1.54) is 0 Å². The van der Waals surface area contributed by atoms with Crippen LogP contribution in [0.1, 0.15) is 53.4 Å². The summed E-state index contributed by atoms with van der Waals surface area (Å²) in [4.78, 5) is 0. The van der Waals surface area contributed by atoms with Crippen molar-refractivity contribution in [2.75, 3.05) is 0 Å². The van der Waals surface area contributed by atoms with Gasteiger partial charge in [-0.15, -0.1) is 0 Å². The first-order valence-corrected chi connectivity index (χ1v) is 5.25. The molecule has 0 heterocycles. The molecule has 0 bridgehead atoms. The maximum absolute atomic E-state index is 12.9. The molecule has 1 unspecified atom stereocenters. The van der Waals surface area contributed by atoms with Crippen molar-refractivity contribution in [3.05, 3.63) is 0 Å². The summed E-state index contributed by atoms with van der Waals surface area (Å²) in [5, 5.41) is 0. The maximum atomic E-state index is 12.9. The fourth-order valence-electron chi connectivity index (χ4n) is 1.59. The standard InChI is InChI=1S/C11H22F2/c1-5-10(11(4,12)13)8-6-7-9(2)3/h9-10H,5-8H2,1-4H3. The van der Waals surface area contributed by atoms with Crippen molar-refractivity contribution in [1.29, 1.82) is 0 Å². The van der Waals surface area contributed by atoms with Crippen molar-refractivity contribution in [3.8, 4) is 0 Å². The van der Waals surface area contributed by atoms with E-state index in [1.807, 2.05) is 6.92 Å². The third-order valence-corrected chi connectivity index (χ3v) is 2.54. The lowest BCUT2D eigenvalue weighted by atomic mass is 9.92. The summed E-state index contributed by atoms with van der Waals surface area (Å²) >= 11 is 0. The first-order valence-electron chi connectivity index (χ1n) is 5.25. The Balaban J connectivity index is 3.73. The number of alkyl halides is 2. The lowest BCUT2D eigenvalue weighted by molar-refractivity contribution is -0.0451. The lowest BCUT2D eigenvalue weighted by Crippen LogP contribution is -2.23. The van der Waals surface area contributed by atoms with E-state index < -0.39 is 11.8 Å². The highest BCUT2D eigenvalue weighted by atomic mass is 19.3. The highest BCUT2D eigenvalue weighted by molar-refractivity contribution is 4.71. The van der Waals surface area contributed by atoms with Crippen molar-refractivity contribution in [2.45, 2.75) is 59.3 Å². The van der Waals surface area contributed by atoms with Crippen LogP contribution in [0.5, 0.6) is 0 Å². The molecule has 0 aromatic heterocycles. The first kappa shape index (κ1) is 12.9. The lowest BCUT2D eigenvalue weighted by Gasteiger charge is -2.22. The number of halogens is 2. The van der Waals surface area contributed by atoms with Crippen molar-refractivity contribution in [2.24, 2.45) is 11.8 Å². The minimum Gasteiger partial charge on any atom is -0.207 e. The molecule has 0 aliphatic carbocycles. The summed E-state index contributed by atoms with van der Waals surface area (Å²) in [5.41, 5.74) is 0. The van der Waals surface area contributed by atoms with Gasteiger partial charge in [-0.3, -0.25) is 0 Å². The summed E-state index contributed by atoms with van der Waals surface area (Å²) in [6.45, 7) is 7.14.